The molecule has 0 amide bonds. The molecule has 63 heavy (non-hydrogen) atoms. The van der Waals surface area contributed by atoms with Crippen LogP contribution in [0.4, 0.5) is 0 Å². The lowest BCUT2D eigenvalue weighted by Gasteiger charge is -2.18. The van der Waals surface area contributed by atoms with E-state index in [-0.39, 0.29) is 0 Å². The van der Waals surface area contributed by atoms with Gasteiger partial charge in [0.25, 0.3) is 0 Å². The van der Waals surface area contributed by atoms with Gasteiger partial charge in [0.15, 0.2) is 18.2 Å². The van der Waals surface area contributed by atoms with Gasteiger partial charge in [0.2, 0.25) is 17.6 Å². The van der Waals surface area contributed by atoms with Gasteiger partial charge in [-0.25, -0.2) is 0 Å². The average molecular weight is 807 g/mol. The molecule has 294 valence electrons. The average Bonchev–Trinajstić information content (AvgIpc) is 4.00. The Morgan fingerprint density at radius 1 is 0.317 bits per heavy atom. The smallest absolute Gasteiger partial charge is 0.240 e. The molecular weight excluding hydrogens is 771 g/mol. The molecule has 8 aromatic carbocycles. The molecule has 0 N–H and O–H groups in total. The van der Waals surface area contributed by atoms with E-state index in [9.17, 15) is 0 Å². The predicted octanol–water partition coefficient (Wildman–Crippen LogP) is 12.8. The number of para-hydroxylation sites is 6. The van der Waals surface area contributed by atoms with Crippen molar-refractivity contribution < 1.29 is 4.57 Å². The predicted molar refractivity (Wildman–Crippen MR) is 255 cm³/mol. The summed E-state index contributed by atoms with van der Waals surface area (Å²) in [5.41, 5.74) is 11.2. The maximum atomic E-state index is 5.64. The standard InChI is InChI=1S/C56H36N7/c1-3-19-37(20-4-1)38-35-51(60-33-17-2-18-34-60)53(52(36-38)61-45-27-11-5-21-39(45)40-22-6-12-28-46(40)61)54-57-55(62-47-29-13-7-23-41(47)42-24-8-14-30-48(42)62)59-56(58-54)63-49-31-15-9-25-43(49)44-26-10-16-32-50(44)63/h1-36H/q+1. The van der Waals surface area contributed by atoms with Crippen LogP contribution in [-0.4, -0.2) is 28.7 Å². The molecule has 5 aromatic heterocycles. The van der Waals surface area contributed by atoms with Crippen molar-refractivity contribution in [3.63, 3.8) is 0 Å². The first-order valence-electron chi connectivity index (χ1n) is 21.2. The minimum atomic E-state index is 0.526. The van der Waals surface area contributed by atoms with Crippen LogP contribution in [0.3, 0.4) is 0 Å². The van der Waals surface area contributed by atoms with Crippen molar-refractivity contribution in [2.45, 2.75) is 0 Å². The van der Waals surface area contributed by atoms with Crippen LogP contribution >= 0.6 is 0 Å². The summed E-state index contributed by atoms with van der Waals surface area (Å²) in [6.07, 6.45) is 4.21. The summed E-state index contributed by atoms with van der Waals surface area (Å²) in [7, 11) is 0. The normalized spacial score (nSPS) is 11.8. The second kappa shape index (κ2) is 13.9. The van der Waals surface area contributed by atoms with Crippen molar-refractivity contribution in [2.24, 2.45) is 0 Å². The highest BCUT2D eigenvalue weighted by Crippen LogP contribution is 2.41. The highest BCUT2D eigenvalue weighted by atomic mass is 15.3. The van der Waals surface area contributed by atoms with Crippen molar-refractivity contribution in [1.82, 2.24) is 28.7 Å². The van der Waals surface area contributed by atoms with Gasteiger partial charge in [-0.3, -0.25) is 9.13 Å². The Morgan fingerprint density at radius 2 is 0.683 bits per heavy atom. The largest absolute Gasteiger partial charge is 0.308 e. The molecule has 13 rings (SSSR count). The quantitative estimate of drug-likeness (QED) is 0.157. The Labute approximate surface area is 361 Å². The summed E-state index contributed by atoms with van der Waals surface area (Å²) in [6, 6.07) is 72.7. The monoisotopic (exact) mass is 806 g/mol. The number of pyridine rings is 1. The van der Waals surface area contributed by atoms with E-state index in [2.05, 4.69) is 237 Å². The Kier molecular flexibility index (Phi) is 7.77. The van der Waals surface area contributed by atoms with Gasteiger partial charge in [-0.2, -0.15) is 19.5 Å². The van der Waals surface area contributed by atoms with Crippen LogP contribution in [0.5, 0.6) is 0 Å². The van der Waals surface area contributed by atoms with Crippen molar-refractivity contribution in [2.75, 3.05) is 0 Å². The topological polar surface area (TPSA) is 57.3 Å². The SMILES string of the molecule is c1ccc(-c2cc(-n3c4ccccc4c4ccccc43)c(-c3nc(-n4c5ccccc5c5ccccc54)nc(-n4c5ccccc5c5ccccc54)n3)c(-[n+]3ccccc3)c2)cc1. The van der Waals surface area contributed by atoms with Crippen LogP contribution in [0, 0.1) is 0 Å². The maximum absolute atomic E-state index is 5.64. The van der Waals surface area contributed by atoms with Crippen LogP contribution in [0.15, 0.2) is 219 Å². The number of aromatic nitrogens is 7. The minimum absolute atomic E-state index is 0.526. The molecule has 5 heterocycles. The molecule has 7 heteroatoms. The summed E-state index contributed by atoms with van der Waals surface area (Å²) in [6.45, 7) is 0. The first-order valence-corrected chi connectivity index (χ1v) is 21.2. The van der Waals surface area contributed by atoms with E-state index in [1.807, 2.05) is 0 Å². The first-order chi connectivity index (χ1) is 31.3. The molecule has 7 nitrogen and oxygen atoms in total. The van der Waals surface area contributed by atoms with E-state index in [0.29, 0.717) is 17.7 Å². The zero-order valence-electron chi connectivity index (χ0n) is 33.9. The third kappa shape index (κ3) is 5.40. The first kappa shape index (κ1) is 35.1. The lowest BCUT2D eigenvalue weighted by atomic mass is 9.99. The zero-order chi connectivity index (χ0) is 41.4. The van der Waals surface area contributed by atoms with Crippen LogP contribution < -0.4 is 4.57 Å². The minimum Gasteiger partial charge on any atom is -0.308 e. The Balaban J connectivity index is 1.23. The molecule has 0 bridgehead atoms. The fourth-order valence-corrected chi connectivity index (χ4v) is 9.70. The Hall–Kier alpha value is -8.68. The highest BCUT2D eigenvalue weighted by Gasteiger charge is 2.29. The second-order valence-electron chi connectivity index (χ2n) is 15.9. The number of nitrogens with zero attached hydrogens (tertiary/aromatic N) is 7. The summed E-state index contributed by atoms with van der Waals surface area (Å²) in [4.78, 5) is 16.8. The summed E-state index contributed by atoms with van der Waals surface area (Å²) in [5, 5.41) is 6.87. The van der Waals surface area contributed by atoms with Gasteiger partial charge in [0, 0.05) is 50.5 Å². The number of fused-ring (bicyclic) bond motifs is 9. The van der Waals surface area contributed by atoms with E-state index in [0.717, 1.165) is 82.7 Å². The highest BCUT2D eigenvalue weighted by molar-refractivity contribution is 6.11. The lowest BCUT2D eigenvalue weighted by Crippen LogP contribution is -2.31. The maximum Gasteiger partial charge on any atom is 0.240 e. The van der Waals surface area contributed by atoms with Crippen molar-refractivity contribution in [3.8, 4) is 45.8 Å². The molecule has 0 aliphatic rings. The molecule has 0 unspecified atom stereocenters. The van der Waals surface area contributed by atoms with Crippen molar-refractivity contribution >= 4 is 65.4 Å². The van der Waals surface area contributed by atoms with E-state index < -0.39 is 0 Å². The molecule has 13 aromatic rings. The zero-order valence-corrected chi connectivity index (χ0v) is 33.9. The van der Waals surface area contributed by atoms with Gasteiger partial charge in [-0.15, -0.1) is 0 Å². The van der Waals surface area contributed by atoms with E-state index in [1.165, 1.54) is 10.8 Å². The van der Waals surface area contributed by atoms with Crippen LogP contribution in [-0.2, 0) is 0 Å². The second-order valence-corrected chi connectivity index (χ2v) is 15.9. The van der Waals surface area contributed by atoms with Crippen LogP contribution in [0.2, 0.25) is 0 Å². The third-order valence-corrected chi connectivity index (χ3v) is 12.4. The fraction of sp³-hybridized carbons (Fsp3) is 0. The molecule has 0 spiro atoms. The van der Waals surface area contributed by atoms with E-state index in [1.54, 1.807) is 0 Å². The summed E-state index contributed by atoms with van der Waals surface area (Å²) in [5.74, 6) is 1.60. The van der Waals surface area contributed by atoms with Crippen LogP contribution in [0.25, 0.3) is 111 Å². The van der Waals surface area contributed by atoms with Gasteiger partial charge < -0.3 is 4.57 Å². The van der Waals surface area contributed by atoms with Gasteiger partial charge in [0.1, 0.15) is 5.56 Å². The molecule has 0 saturated carbocycles. The molecule has 0 atom stereocenters. The number of rotatable bonds is 6. The Bertz CT molecular complexity index is 3620. The number of benzene rings is 8. The molecule has 0 aliphatic carbocycles. The van der Waals surface area contributed by atoms with Crippen LogP contribution in [0.1, 0.15) is 0 Å². The molecular formula is C56H36N7+. The van der Waals surface area contributed by atoms with Crippen molar-refractivity contribution in [1.29, 1.82) is 0 Å². The Morgan fingerprint density at radius 3 is 1.11 bits per heavy atom. The molecule has 0 aliphatic heterocycles. The number of hydrogen-bond acceptors (Lipinski definition) is 3. The van der Waals surface area contributed by atoms with Gasteiger partial charge >= 0.3 is 0 Å². The van der Waals surface area contributed by atoms with E-state index >= 15 is 0 Å². The summed E-state index contributed by atoms with van der Waals surface area (Å²) < 4.78 is 8.97. The molecule has 0 saturated heterocycles. The van der Waals surface area contributed by atoms with Gasteiger partial charge in [-0.05, 0) is 53.6 Å². The number of hydrogen-bond donors (Lipinski definition) is 0. The summed E-state index contributed by atoms with van der Waals surface area (Å²) >= 11 is 0. The van der Waals surface area contributed by atoms with E-state index in [4.69, 9.17) is 15.0 Å². The van der Waals surface area contributed by atoms with Gasteiger partial charge in [0.05, 0.1) is 38.8 Å². The van der Waals surface area contributed by atoms with Crippen molar-refractivity contribution in [3.05, 3.63) is 219 Å². The molecule has 0 fully saturated rings. The van der Waals surface area contributed by atoms with Gasteiger partial charge in [-0.1, -0.05) is 146 Å². The fourth-order valence-electron chi connectivity index (χ4n) is 9.70. The third-order valence-electron chi connectivity index (χ3n) is 12.4. The lowest BCUT2D eigenvalue weighted by molar-refractivity contribution is -0.595. The molecule has 0 radical (unpaired) electrons.